The Morgan fingerprint density at radius 2 is 1.83 bits per heavy atom. The predicted molar refractivity (Wildman–Crippen MR) is 116 cm³/mol. The summed E-state index contributed by atoms with van der Waals surface area (Å²) in [5, 5.41) is 5.21. The molecule has 7 nitrogen and oxygen atoms in total. The van der Waals surface area contributed by atoms with Crippen molar-refractivity contribution in [2.75, 3.05) is 13.1 Å². The van der Waals surface area contributed by atoms with Gasteiger partial charge in [-0.25, -0.2) is 13.4 Å². The van der Waals surface area contributed by atoms with Gasteiger partial charge in [-0.15, -0.1) is 0 Å². The number of pyridine rings is 1. The first-order chi connectivity index (χ1) is 14.5. The van der Waals surface area contributed by atoms with Crippen LogP contribution in [0, 0.1) is 0 Å². The monoisotopic (exact) mass is 464 g/mol. The Bertz CT molecular complexity index is 1100. The number of thioether (sulfide) groups is 1. The number of hydrogen-bond donors (Lipinski definition) is 0. The highest BCUT2D eigenvalue weighted by Crippen LogP contribution is 2.28. The van der Waals surface area contributed by atoms with Gasteiger partial charge in [0, 0.05) is 19.3 Å². The SMILES string of the molecule is O=S(=O)(c1ccc(SCc2noc(-c3ccccc3Cl)n2)nc1)N1CCCCCC1. The molecule has 0 N–H and O–H groups in total. The van der Waals surface area contributed by atoms with E-state index < -0.39 is 10.0 Å². The fraction of sp³-hybridized carbons (Fsp3) is 0.350. The molecule has 3 heterocycles. The Labute approximate surface area is 184 Å². The van der Waals surface area contributed by atoms with Gasteiger partial charge < -0.3 is 4.52 Å². The number of sulfonamides is 1. The molecule has 1 saturated heterocycles. The predicted octanol–water partition coefficient (Wildman–Crippen LogP) is 4.64. The Morgan fingerprint density at radius 1 is 1.07 bits per heavy atom. The van der Waals surface area contributed by atoms with Gasteiger partial charge in [-0.3, -0.25) is 0 Å². The normalized spacial score (nSPS) is 15.8. The zero-order valence-corrected chi connectivity index (χ0v) is 18.6. The van der Waals surface area contributed by atoms with E-state index in [1.165, 1.54) is 18.0 Å². The van der Waals surface area contributed by atoms with Crippen LogP contribution >= 0.6 is 23.4 Å². The number of halogens is 1. The molecule has 1 aromatic carbocycles. The van der Waals surface area contributed by atoms with Gasteiger partial charge in [-0.2, -0.15) is 9.29 Å². The fourth-order valence-electron chi connectivity index (χ4n) is 3.23. The van der Waals surface area contributed by atoms with Gasteiger partial charge in [-0.1, -0.05) is 53.5 Å². The second-order valence-electron chi connectivity index (χ2n) is 6.93. The van der Waals surface area contributed by atoms with E-state index >= 15 is 0 Å². The Kier molecular flexibility index (Phi) is 6.72. The quantitative estimate of drug-likeness (QED) is 0.491. The highest BCUT2D eigenvalue weighted by atomic mass is 35.5. The molecule has 30 heavy (non-hydrogen) atoms. The molecule has 0 spiro atoms. The lowest BCUT2D eigenvalue weighted by Gasteiger charge is -2.19. The lowest BCUT2D eigenvalue weighted by molar-refractivity contribution is 0.423. The molecule has 0 atom stereocenters. The molecule has 3 aromatic rings. The summed E-state index contributed by atoms with van der Waals surface area (Å²) < 4.78 is 32.5. The van der Waals surface area contributed by atoms with Crippen molar-refractivity contribution in [2.24, 2.45) is 0 Å². The summed E-state index contributed by atoms with van der Waals surface area (Å²) in [5.74, 6) is 1.32. The smallest absolute Gasteiger partial charge is 0.259 e. The largest absolute Gasteiger partial charge is 0.334 e. The van der Waals surface area contributed by atoms with Gasteiger partial charge in [0.1, 0.15) is 4.90 Å². The molecule has 0 radical (unpaired) electrons. The van der Waals surface area contributed by atoms with Crippen LogP contribution in [0.2, 0.25) is 5.02 Å². The minimum atomic E-state index is -3.49. The number of nitrogens with zero attached hydrogens (tertiary/aromatic N) is 4. The Morgan fingerprint density at radius 3 is 2.53 bits per heavy atom. The van der Waals surface area contributed by atoms with E-state index in [1.807, 2.05) is 18.2 Å². The van der Waals surface area contributed by atoms with Crippen LogP contribution in [0.15, 0.2) is 57.0 Å². The molecule has 2 aromatic heterocycles. The van der Waals surface area contributed by atoms with Crippen molar-refractivity contribution in [1.82, 2.24) is 19.4 Å². The molecular weight excluding hydrogens is 444 g/mol. The van der Waals surface area contributed by atoms with Crippen molar-refractivity contribution >= 4 is 33.4 Å². The third kappa shape index (κ3) is 4.85. The molecule has 0 saturated carbocycles. The van der Waals surface area contributed by atoms with Gasteiger partial charge in [-0.05, 0) is 37.1 Å². The summed E-state index contributed by atoms with van der Waals surface area (Å²) in [4.78, 5) is 8.91. The molecule has 0 unspecified atom stereocenters. The first-order valence-corrected chi connectivity index (χ1v) is 12.5. The van der Waals surface area contributed by atoms with E-state index in [0.29, 0.717) is 46.2 Å². The highest BCUT2D eigenvalue weighted by Gasteiger charge is 2.25. The molecule has 0 aliphatic carbocycles. The average Bonchev–Trinajstić information content (AvgIpc) is 3.04. The maximum Gasteiger partial charge on any atom is 0.259 e. The maximum absolute atomic E-state index is 12.8. The van der Waals surface area contributed by atoms with Crippen molar-refractivity contribution in [2.45, 2.75) is 41.4 Å². The van der Waals surface area contributed by atoms with Gasteiger partial charge in [0.25, 0.3) is 5.89 Å². The van der Waals surface area contributed by atoms with E-state index in [9.17, 15) is 8.42 Å². The standard InChI is InChI=1S/C20H21ClN4O3S2/c21-17-8-4-3-7-16(17)20-23-18(24-28-20)14-29-19-10-9-15(13-22-19)30(26,27)25-11-5-1-2-6-12-25/h3-4,7-10,13H,1-2,5-6,11-12,14H2. The molecule has 0 bridgehead atoms. The van der Waals surface area contributed by atoms with E-state index in [1.54, 1.807) is 22.5 Å². The summed E-state index contributed by atoms with van der Waals surface area (Å²) in [7, 11) is -3.49. The summed E-state index contributed by atoms with van der Waals surface area (Å²) in [6.45, 7) is 1.15. The van der Waals surface area contributed by atoms with E-state index in [0.717, 1.165) is 25.7 Å². The van der Waals surface area contributed by atoms with Crippen LogP contribution in [0.5, 0.6) is 0 Å². The highest BCUT2D eigenvalue weighted by molar-refractivity contribution is 7.98. The summed E-state index contributed by atoms with van der Waals surface area (Å²) in [6, 6.07) is 10.6. The molecule has 4 rings (SSSR count). The molecule has 0 amide bonds. The Balaban J connectivity index is 1.40. The first-order valence-electron chi connectivity index (χ1n) is 9.70. The second kappa shape index (κ2) is 9.47. The van der Waals surface area contributed by atoms with Crippen LogP contribution < -0.4 is 0 Å². The van der Waals surface area contributed by atoms with Crippen molar-refractivity contribution in [3.8, 4) is 11.5 Å². The number of rotatable bonds is 6. The van der Waals surface area contributed by atoms with Crippen LogP contribution in [-0.4, -0.2) is 40.9 Å². The van der Waals surface area contributed by atoms with Crippen LogP contribution in [-0.2, 0) is 15.8 Å². The third-order valence-corrected chi connectivity index (χ3v) is 7.99. The van der Waals surface area contributed by atoms with Crippen LogP contribution in [0.25, 0.3) is 11.5 Å². The maximum atomic E-state index is 12.8. The molecule has 1 aliphatic rings. The van der Waals surface area contributed by atoms with E-state index in [4.69, 9.17) is 16.1 Å². The number of aromatic nitrogens is 3. The molecule has 1 aliphatic heterocycles. The van der Waals surface area contributed by atoms with Crippen molar-refractivity contribution < 1.29 is 12.9 Å². The lowest BCUT2D eigenvalue weighted by Crippen LogP contribution is -2.32. The van der Waals surface area contributed by atoms with Crippen LogP contribution in [0.1, 0.15) is 31.5 Å². The van der Waals surface area contributed by atoms with Gasteiger partial charge in [0.15, 0.2) is 5.82 Å². The third-order valence-electron chi connectivity index (χ3n) is 4.83. The van der Waals surface area contributed by atoms with Gasteiger partial charge in [0.05, 0.1) is 21.4 Å². The van der Waals surface area contributed by atoms with Gasteiger partial charge in [0.2, 0.25) is 10.0 Å². The molecular formula is C20H21ClN4O3S2. The number of benzene rings is 1. The zero-order chi connectivity index (χ0) is 21.0. The number of hydrogen-bond acceptors (Lipinski definition) is 7. The first kappa shape index (κ1) is 21.3. The molecule has 1 fully saturated rings. The average molecular weight is 465 g/mol. The molecule has 10 heteroatoms. The van der Waals surface area contributed by atoms with E-state index in [2.05, 4.69) is 15.1 Å². The minimum Gasteiger partial charge on any atom is -0.334 e. The van der Waals surface area contributed by atoms with E-state index in [-0.39, 0.29) is 4.90 Å². The van der Waals surface area contributed by atoms with Crippen LogP contribution in [0.4, 0.5) is 0 Å². The Hall–Kier alpha value is -1.94. The minimum absolute atomic E-state index is 0.231. The van der Waals surface area contributed by atoms with Crippen molar-refractivity contribution in [3.05, 3.63) is 53.4 Å². The zero-order valence-electron chi connectivity index (χ0n) is 16.2. The van der Waals surface area contributed by atoms with Crippen molar-refractivity contribution in [3.63, 3.8) is 0 Å². The van der Waals surface area contributed by atoms with Crippen molar-refractivity contribution in [1.29, 1.82) is 0 Å². The fourth-order valence-corrected chi connectivity index (χ4v) is 5.60. The second-order valence-corrected chi connectivity index (χ2v) is 10.3. The summed E-state index contributed by atoms with van der Waals surface area (Å²) >= 11 is 7.57. The molecule has 158 valence electrons. The summed E-state index contributed by atoms with van der Waals surface area (Å²) in [5.41, 5.74) is 0.684. The topological polar surface area (TPSA) is 89.2 Å². The van der Waals surface area contributed by atoms with Crippen LogP contribution in [0.3, 0.4) is 0 Å². The summed E-state index contributed by atoms with van der Waals surface area (Å²) in [6.07, 6.45) is 5.39. The lowest BCUT2D eigenvalue weighted by atomic mass is 10.2. The van der Waals surface area contributed by atoms with Gasteiger partial charge >= 0.3 is 0 Å².